The fraction of sp³-hybridized carbons (Fsp3) is 0.462. The predicted molar refractivity (Wildman–Crippen MR) is 67.0 cm³/mol. The first kappa shape index (κ1) is 10.2. The van der Waals surface area contributed by atoms with Crippen molar-refractivity contribution in [3.05, 3.63) is 29.6 Å². The third-order valence-corrected chi connectivity index (χ3v) is 3.41. The summed E-state index contributed by atoms with van der Waals surface area (Å²) in [5, 5.41) is -0.0209. The minimum atomic E-state index is -0.0209. The second-order valence-corrected chi connectivity index (χ2v) is 5.28. The number of imidazole rings is 1. The Morgan fingerprint density at radius 2 is 2.19 bits per heavy atom. The fourth-order valence-corrected chi connectivity index (χ4v) is 2.43. The van der Waals surface area contributed by atoms with Crippen LogP contribution < -0.4 is 0 Å². The number of hydrogen-bond acceptors (Lipinski definition) is 1. The Morgan fingerprint density at radius 3 is 2.81 bits per heavy atom. The molecule has 0 aliphatic heterocycles. The zero-order chi connectivity index (χ0) is 11.3. The number of fused-ring (bicyclic) bond motifs is 1. The van der Waals surface area contributed by atoms with Gasteiger partial charge in [-0.15, -0.1) is 11.6 Å². The molecule has 2 nitrogen and oxygen atoms in total. The van der Waals surface area contributed by atoms with Gasteiger partial charge in [-0.3, -0.25) is 0 Å². The van der Waals surface area contributed by atoms with Crippen LogP contribution in [0.3, 0.4) is 0 Å². The molecule has 1 aromatic heterocycles. The maximum absolute atomic E-state index is 6.22. The first-order chi connectivity index (χ1) is 7.68. The van der Waals surface area contributed by atoms with Crippen molar-refractivity contribution in [2.75, 3.05) is 0 Å². The van der Waals surface area contributed by atoms with Gasteiger partial charge in [-0.1, -0.05) is 12.1 Å². The van der Waals surface area contributed by atoms with Crippen LogP contribution in [0.2, 0.25) is 0 Å². The van der Waals surface area contributed by atoms with E-state index in [4.69, 9.17) is 16.6 Å². The lowest BCUT2D eigenvalue weighted by Gasteiger charge is -2.08. The standard InChI is InChI=1S/C13H15ClN2/c1-8-4-3-5-11-12(8)15-13(9(2)14)16(11)10-6-7-10/h3-5,9-10H,6-7H2,1-2H3. The Kier molecular flexibility index (Phi) is 2.21. The van der Waals surface area contributed by atoms with E-state index in [-0.39, 0.29) is 5.38 Å². The zero-order valence-electron chi connectivity index (χ0n) is 9.57. The molecule has 1 saturated carbocycles. The molecule has 1 heterocycles. The monoisotopic (exact) mass is 234 g/mol. The summed E-state index contributed by atoms with van der Waals surface area (Å²) in [5.41, 5.74) is 3.58. The van der Waals surface area contributed by atoms with Crippen LogP contribution in [-0.4, -0.2) is 9.55 Å². The van der Waals surface area contributed by atoms with Crippen molar-refractivity contribution < 1.29 is 0 Å². The van der Waals surface area contributed by atoms with Gasteiger partial charge in [-0.2, -0.15) is 0 Å². The quantitative estimate of drug-likeness (QED) is 0.719. The second kappa shape index (κ2) is 3.49. The van der Waals surface area contributed by atoms with E-state index in [2.05, 4.69) is 29.7 Å². The minimum Gasteiger partial charge on any atom is -0.324 e. The van der Waals surface area contributed by atoms with E-state index < -0.39 is 0 Å². The second-order valence-electron chi connectivity index (χ2n) is 4.63. The van der Waals surface area contributed by atoms with E-state index in [9.17, 15) is 0 Å². The molecule has 0 spiro atoms. The number of halogens is 1. The van der Waals surface area contributed by atoms with E-state index in [0.717, 1.165) is 11.3 Å². The van der Waals surface area contributed by atoms with Crippen molar-refractivity contribution in [2.45, 2.75) is 38.1 Å². The van der Waals surface area contributed by atoms with Gasteiger partial charge >= 0.3 is 0 Å². The highest BCUT2D eigenvalue weighted by molar-refractivity contribution is 6.20. The van der Waals surface area contributed by atoms with Crippen LogP contribution in [-0.2, 0) is 0 Å². The predicted octanol–water partition coefficient (Wildman–Crippen LogP) is 3.98. The molecule has 1 aliphatic rings. The van der Waals surface area contributed by atoms with Crippen molar-refractivity contribution in [3.8, 4) is 0 Å². The normalized spacial score (nSPS) is 17.9. The fourth-order valence-electron chi connectivity index (χ4n) is 2.27. The molecule has 1 aromatic carbocycles. The van der Waals surface area contributed by atoms with Gasteiger partial charge in [0, 0.05) is 6.04 Å². The molecule has 0 amide bonds. The number of aryl methyl sites for hydroxylation is 1. The van der Waals surface area contributed by atoms with Gasteiger partial charge in [0.05, 0.1) is 16.4 Å². The van der Waals surface area contributed by atoms with Crippen LogP contribution in [0.15, 0.2) is 18.2 Å². The van der Waals surface area contributed by atoms with Crippen LogP contribution in [0.5, 0.6) is 0 Å². The van der Waals surface area contributed by atoms with Crippen LogP contribution in [0.1, 0.15) is 42.6 Å². The summed E-state index contributed by atoms with van der Waals surface area (Å²) in [6.45, 7) is 4.10. The summed E-state index contributed by atoms with van der Waals surface area (Å²) in [5.74, 6) is 1.02. The van der Waals surface area contributed by atoms with Crippen molar-refractivity contribution in [1.29, 1.82) is 0 Å². The van der Waals surface area contributed by atoms with Crippen molar-refractivity contribution in [2.24, 2.45) is 0 Å². The molecule has 3 rings (SSSR count). The summed E-state index contributed by atoms with van der Waals surface area (Å²) in [4.78, 5) is 4.70. The summed E-state index contributed by atoms with van der Waals surface area (Å²) >= 11 is 6.22. The number of nitrogens with zero attached hydrogens (tertiary/aromatic N) is 2. The largest absolute Gasteiger partial charge is 0.324 e. The molecule has 84 valence electrons. The molecule has 1 atom stereocenters. The molecule has 1 unspecified atom stereocenters. The number of benzene rings is 1. The zero-order valence-corrected chi connectivity index (χ0v) is 10.3. The lowest BCUT2D eigenvalue weighted by molar-refractivity contribution is 0.700. The minimum absolute atomic E-state index is 0.0209. The van der Waals surface area contributed by atoms with Gasteiger partial charge in [0.25, 0.3) is 0 Å². The summed E-state index contributed by atoms with van der Waals surface area (Å²) < 4.78 is 2.33. The Balaban J connectivity index is 2.32. The smallest absolute Gasteiger partial charge is 0.127 e. The molecule has 0 saturated heterocycles. The highest BCUT2D eigenvalue weighted by Gasteiger charge is 2.29. The third kappa shape index (κ3) is 1.44. The van der Waals surface area contributed by atoms with E-state index in [1.165, 1.54) is 23.9 Å². The number of aromatic nitrogens is 2. The van der Waals surface area contributed by atoms with E-state index in [1.54, 1.807) is 0 Å². The Hall–Kier alpha value is -1.02. The molecule has 1 fully saturated rings. The SMILES string of the molecule is Cc1cccc2c1nc(C(C)Cl)n2C1CC1. The van der Waals surface area contributed by atoms with Gasteiger partial charge in [-0.05, 0) is 38.3 Å². The molecule has 0 radical (unpaired) electrons. The van der Waals surface area contributed by atoms with Crippen LogP contribution in [0, 0.1) is 6.92 Å². The highest BCUT2D eigenvalue weighted by atomic mass is 35.5. The van der Waals surface area contributed by atoms with Gasteiger partial charge in [0.2, 0.25) is 0 Å². The molecule has 1 aliphatic carbocycles. The molecule has 16 heavy (non-hydrogen) atoms. The summed E-state index contributed by atoms with van der Waals surface area (Å²) in [6.07, 6.45) is 2.52. The number of alkyl halides is 1. The number of para-hydroxylation sites is 1. The Bertz CT molecular complexity index is 538. The van der Waals surface area contributed by atoms with Crippen LogP contribution in [0.25, 0.3) is 11.0 Å². The molecular formula is C13H15ClN2. The third-order valence-electron chi connectivity index (χ3n) is 3.22. The first-order valence-electron chi connectivity index (χ1n) is 5.80. The molecule has 2 aromatic rings. The lowest BCUT2D eigenvalue weighted by atomic mass is 10.2. The Labute approximate surface area is 100 Å². The maximum Gasteiger partial charge on any atom is 0.127 e. The summed E-state index contributed by atoms with van der Waals surface area (Å²) in [7, 11) is 0. The van der Waals surface area contributed by atoms with E-state index in [0.29, 0.717) is 6.04 Å². The number of hydrogen-bond donors (Lipinski definition) is 0. The first-order valence-corrected chi connectivity index (χ1v) is 6.23. The van der Waals surface area contributed by atoms with Crippen LogP contribution >= 0.6 is 11.6 Å². The topological polar surface area (TPSA) is 17.8 Å². The van der Waals surface area contributed by atoms with Crippen molar-refractivity contribution >= 4 is 22.6 Å². The molecular weight excluding hydrogens is 220 g/mol. The lowest BCUT2D eigenvalue weighted by Crippen LogP contribution is -2.01. The number of rotatable bonds is 2. The summed E-state index contributed by atoms with van der Waals surface area (Å²) in [6, 6.07) is 6.98. The molecule has 0 bridgehead atoms. The highest BCUT2D eigenvalue weighted by Crippen LogP contribution is 2.41. The van der Waals surface area contributed by atoms with Gasteiger partial charge in [0.1, 0.15) is 5.82 Å². The van der Waals surface area contributed by atoms with E-state index >= 15 is 0 Å². The van der Waals surface area contributed by atoms with Gasteiger partial charge in [0.15, 0.2) is 0 Å². The van der Waals surface area contributed by atoms with Crippen molar-refractivity contribution in [3.63, 3.8) is 0 Å². The average Bonchev–Trinajstić information content (AvgIpc) is 2.99. The average molecular weight is 235 g/mol. The van der Waals surface area contributed by atoms with Crippen LogP contribution in [0.4, 0.5) is 0 Å². The van der Waals surface area contributed by atoms with Gasteiger partial charge in [-0.25, -0.2) is 4.98 Å². The Morgan fingerprint density at radius 1 is 1.44 bits per heavy atom. The molecule has 3 heteroatoms. The van der Waals surface area contributed by atoms with Crippen molar-refractivity contribution in [1.82, 2.24) is 9.55 Å². The van der Waals surface area contributed by atoms with E-state index in [1.807, 2.05) is 6.92 Å². The maximum atomic E-state index is 6.22. The molecule has 0 N–H and O–H groups in total. The van der Waals surface area contributed by atoms with Gasteiger partial charge < -0.3 is 4.57 Å².